The van der Waals surface area contributed by atoms with E-state index in [0.717, 1.165) is 57.3 Å². The molecule has 4 nitrogen and oxygen atoms in total. The highest BCUT2D eigenvalue weighted by molar-refractivity contribution is 5.69. The number of ether oxygens (including phenoxy) is 2. The Morgan fingerprint density at radius 1 is 0.354 bits per heavy atom. The van der Waals surface area contributed by atoms with E-state index in [1.54, 1.807) is 0 Å². The fourth-order valence-electron chi connectivity index (χ4n) is 7.12. The van der Waals surface area contributed by atoms with Crippen molar-refractivity contribution < 1.29 is 19.1 Å². The molecule has 286 valence electrons. The molecular weight excluding hydrogens is 592 g/mol. The number of carbonyl (C=O) groups excluding carboxylic acids is 2. The van der Waals surface area contributed by atoms with Crippen LogP contribution in [0.2, 0.25) is 0 Å². The van der Waals surface area contributed by atoms with E-state index >= 15 is 0 Å². The second-order valence-corrected chi connectivity index (χ2v) is 17.3. The first kappa shape index (κ1) is 46.9. The van der Waals surface area contributed by atoms with Crippen LogP contribution in [-0.2, 0) is 19.1 Å². The predicted octanol–water partition coefficient (Wildman–Crippen LogP) is 14.2. The zero-order chi connectivity index (χ0) is 36.0. The summed E-state index contributed by atoms with van der Waals surface area (Å²) in [5.74, 6) is 3.17. The third-order valence-corrected chi connectivity index (χ3v) is 9.69. The number of hydrogen-bond donors (Lipinski definition) is 0. The van der Waals surface area contributed by atoms with E-state index < -0.39 is 0 Å². The van der Waals surface area contributed by atoms with Crippen molar-refractivity contribution in [1.82, 2.24) is 0 Å². The van der Waals surface area contributed by atoms with Crippen molar-refractivity contribution in [2.24, 2.45) is 29.6 Å². The summed E-state index contributed by atoms with van der Waals surface area (Å²) in [4.78, 5) is 24.6. The molecule has 0 unspecified atom stereocenters. The van der Waals surface area contributed by atoms with Crippen LogP contribution in [0.1, 0.15) is 229 Å². The molecule has 0 spiro atoms. The molecule has 0 bridgehead atoms. The zero-order valence-electron chi connectivity index (χ0n) is 34.1. The van der Waals surface area contributed by atoms with Crippen molar-refractivity contribution >= 4 is 11.9 Å². The lowest BCUT2D eigenvalue weighted by atomic mass is 9.95. The lowest BCUT2D eigenvalue weighted by Gasteiger charge is -2.21. The maximum atomic E-state index is 12.3. The van der Waals surface area contributed by atoms with Gasteiger partial charge in [0.2, 0.25) is 0 Å². The third kappa shape index (κ3) is 33.4. The van der Waals surface area contributed by atoms with E-state index in [-0.39, 0.29) is 24.1 Å². The molecule has 48 heavy (non-hydrogen) atoms. The predicted molar refractivity (Wildman–Crippen MR) is 208 cm³/mol. The Bertz CT molecular complexity index is 647. The monoisotopic (exact) mass is 679 g/mol. The minimum absolute atomic E-state index is 0.0121. The molecule has 0 aromatic heterocycles. The first-order valence-electron chi connectivity index (χ1n) is 21.3. The van der Waals surface area contributed by atoms with Gasteiger partial charge in [-0.05, 0) is 68.1 Å². The van der Waals surface area contributed by atoms with Crippen molar-refractivity contribution in [2.45, 2.75) is 241 Å². The first-order chi connectivity index (χ1) is 22.9. The Kier molecular flexibility index (Phi) is 31.2. The number of unbranched alkanes of at least 4 members (excludes halogenated alkanes) is 16. The molecule has 0 saturated carbocycles. The number of carbonyl (C=O) groups is 2. The van der Waals surface area contributed by atoms with Crippen LogP contribution in [0.3, 0.4) is 0 Å². The van der Waals surface area contributed by atoms with Crippen LogP contribution in [0, 0.1) is 29.6 Å². The van der Waals surface area contributed by atoms with Crippen LogP contribution in [0.25, 0.3) is 0 Å². The fourth-order valence-corrected chi connectivity index (χ4v) is 7.12. The SMILES string of the molecule is CC(C)CC(CC(C)C)OC(=O)CCCCCCCCCCCC(C)CCCCCCCCCCCC(=O)OC(CC(C)C)CC(C)C. The summed E-state index contributed by atoms with van der Waals surface area (Å²) < 4.78 is 11.6. The average molecular weight is 679 g/mol. The van der Waals surface area contributed by atoms with Gasteiger partial charge in [0, 0.05) is 12.8 Å². The lowest BCUT2D eigenvalue weighted by Crippen LogP contribution is -2.22. The molecule has 0 N–H and O–H groups in total. The highest BCUT2D eigenvalue weighted by Gasteiger charge is 2.18. The van der Waals surface area contributed by atoms with Gasteiger partial charge in [-0.1, -0.05) is 178 Å². The van der Waals surface area contributed by atoms with Gasteiger partial charge < -0.3 is 9.47 Å². The molecule has 0 aromatic rings. The van der Waals surface area contributed by atoms with E-state index in [0.29, 0.717) is 36.5 Å². The molecule has 0 aliphatic carbocycles. The number of hydrogen-bond acceptors (Lipinski definition) is 4. The van der Waals surface area contributed by atoms with E-state index in [9.17, 15) is 9.59 Å². The van der Waals surface area contributed by atoms with Crippen molar-refractivity contribution in [1.29, 1.82) is 0 Å². The molecule has 4 heteroatoms. The summed E-state index contributed by atoms with van der Waals surface area (Å²) in [5, 5.41) is 0. The van der Waals surface area contributed by atoms with Crippen LogP contribution < -0.4 is 0 Å². The second-order valence-electron chi connectivity index (χ2n) is 17.3. The van der Waals surface area contributed by atoms with Crippen molar-refractivity contribution in [3.8, 4) is 0 Å². The fraction of sp³-hybridized carbons (Fsp3) is 0.955. The van der Waals surface area contributed by atoms with E-state index in [4.69, 9.17) is 9.47 Å². The third-order valence-electron chi connectivity index (χ3n) is 9.69. The molecule has 0 fully saturated rings. The van der Waals surface area contributed by atoms with Gasteiger partial charge in [-0.3, -0.25) is 9.59 Å². The quantitative estimate of drug-likeness (QED) is 0.0502. The van der Waals surface area contributed by atoms with Gasteiger partial charge in [-0.15, -0.1) is 0 Å². The molecule has 0 radical (unpaired) electrons. The van der Waals surface area contributed by atoms with Crippen LogP contribution in [0.15, 0.2) is 0 Å². The summed E-state index contributed by atoms with van der Waals surface area (Å²) >= 11 is 0. The molecule has 0 saturated heterocycles. The normalized spacial score (nSPS) is 12.2. The highest BCUT2D eigenvalue weighted by atomic mass is 16.5. The number of rotatable bonds is 34. The smallest absolute Gasteiger partial charge is 0.306 e. The maximum absolute atomic E-state index is 12.3. The van der Waals surface area contributed by atoms with Crippen LogP contribution in [0.4, 0.5) is 0 Å². The molecule has 0 rings (SSSR count). The van der Waals surface area contributed by atoms with Crippen molar-refractivity contribution in [3.63, 3.8) is 0 Å². The van der Waals surface area contributed by atoms with Gasteiger partial charge in [0.05, 0.1) is 0 Å². The van der Waals surface area contributed by atoms with E-state index in [1.807, 2.05) is 0 Å². The Balaban J connectivity index is 3.54. The van der Waals surface area contributed by atoms with Gasteiger partial charge in [0.25, 0.3) is 0 Å². The topological polar surface area (TPSA) is 52.6 Å². The summed E-state index contributed by atoms with van der Waals surface area (Å²) in [6.07, 6.45) is 31.2. The molecule has 0 atom stereocenters. The van der Waals surface area contributed by atoms with Gasteiger partial charge in [-0.2, -0.15) is 0 Å². The highest BCUT2D eigenvalue weighted by Crippen LogP contribution is 2.21. The molecule has 0 aromatic carbocycles. The van der Waals surface area contributed by atoms with Gasteiger partial charge in [-0.25, -0.2) is 0 Å². The summed E-state index contributed by atoms with van der Waals surface area (Å²) in [6.45, 7) is 20.1. The maximum Gasteiger partial charge on any atom is 0.306 e. The zero-order valence-corrected chi connectivity index (χ0v) is 34.1. The van der Waals surface area contributed by atoms with Crippen molar-refractivity contribution in [3.05, 3.63) is 0 Å². The van der Waals surface area contributed by atoms with Crippen molar-refractivity contribution in [2.75, 3.05) is 0 Å². The minimum Gasteiger partial charge on any atom is -0.462 e. The summed E-state index contributed by atoms with van der Waals surface area (Å²) in [7, 11) is 0. The van der Waals surface area contributed by atoms with Crippen LogP contribution in [-0.4, -0.2) is 24.1 Å². The van der Waals surface area contributed by atoms with E-state index in [2.05, 4.69) is 62.3 Å². The van der Waals surface area contributed by atoms with Gasteiger partial charge >= 0.3 is 11.9 Å². The second kappa shape index (κ2) is 31.9. The Morgan fingerprint density at radius 3 is 0.833 bits per heavy atom. The average Bonchev–Trinajstić information content (AvgIpc) is 2.97. The minimum atomic E-state index is 0.0121. The summed E-state index contributed by atoms with van der Waals surface area (Å²) in [5.41, 5.74) is 0. The molecule has 0 heterocycles. The molecule has 0 aliphatic heterocycles. The van der Waals surface area contributed by atoms with Gasteiger partial charge in [0.15, 0.2) is 0 Å². The standard InChI is InChI=1S/C44H86O4/c1-36(2)32-41(33-37(3)4)47-43(45)30-26-22-18-14-10-12-16-20-24-28-40(9)29-25-21-17-13-11-15-19-23-27-31-44(46)48-42(34-38(5)6)35-39(7)8/h36-42H,10-35H2,1-9H3. The Labute approximate surface area is 301 Å². The lowest BCUT2D eigenvalue weighted by molar-refractivity contribution is -0.151. The molecule has 0 amide bonds. The summed E-state index contributed by atoms with van der Waals surface area (Å²) in [6, 6.07) is 0. The number of esters is 2. The Hall–Kier alpha value is -1.06. The molecular formula is C44H86O4. The first-order valence-corrected chi connectivity index (χ1v) is 21.3. The molecule has 0 aliphatic rings. The van der Waals surface area contributed by atoms with Crippen LogP contribution in [0.5, 0.6) is 0 Å². The van der Waals surface area contributed by atoms with Crippen LogP contribution >= 0.6 is 0 Å². The van der Waals surface area contributed by atoms with E-state index in [1.165, 1.54) is 103 Å². The Morgan fingerprint density at radius 2 is 0.583 bits per heavy atom. The largest absolute Gasteiger partial charge is 0.462 e. The van der Waals surface area contributed by atoms with Gasteiger partial charge in [0.1, 0.15) is 12.2 Å².